The summed E-state index contributed by atoms with van der Waals surface area (Å²) in [5.41, 5.74) is 8.96. The van der Waals surface area contributed by atoms with Gasteiger partial charge in [-0.1, -0.05) is 0 Å². The van der Waals surface area contributed by atoms with E-state index in [0.717, 1.165) is 16.9 Å². The Morgan fingerprint density at radius 3 is 2.74 bits per heavy atom. The summed E-state index contributed by atoms with van der Waals surface area (Å²) in [5, 5.41) is 0. The SMILES string of the molecule is Nc1ccn2cc(-c3ccc(OCF)cc3)nc2c1. The third kappa shape index (κ3) is 2.22. The third-order valence-electron chi connectivity index (χ3n) is 2.86. The molecule has 5 heteroatoms. The molecule has 0 fully saturated rings. The number of fused-ring (bicyclic) bond motifs is 1. The van der Waals surface area contributed by atoms with Gasteiger partial charge in [0.15, 0.2) is 0 Å². The van der Waals surface area contributed by atoms with E-state index in [9.17, 15) is 4.39 Å². The molecule has 0 bridgehead atoms. The van der Waals surface area contributed by atoms with Gasteiger partial charge in [0.25, 0.3) is 0 Å². The van der Waals surface area contributed by atoms with Crippen LogP contribution in [-0.4, -0.2) is 16.2 Å². The Balaban J connectivity index is 1.99. The molecule has 2 N–H and O–H groups in total. The lowest BCUT2D eigenvalue weighted by molar-refractivity contribution is 0.192. The number of benzene rings is 1. The second kappa shape index (κ2) is 4.61. The number of alkyl halides is 1. The van der Waals surface area contributed by atoms with E-state index in [2.05, 4.69) is 4.98 Å². The standard InChI is InChI=1S/C14H12FN3O/c15-9-19-12-3-1-10(2-4-12)13-8-18-6-5-11(16)7-14(18)17-13/h1-8H,9,16H2. The maximum Gasteiger partial charge on any atom is 0.228 e. The van der Waals surface area contributed by atoms with Gasteiger partial charge in [0.2, 0.25) is 6.86 Å². The summed E-state index contributed by atoms with van der Waals surface area (Å²) in [7, 11) is 0. The van der Waals surface area contributed by atoms with E-state index < -0.39 is 6.86 Å². The van der Waals surface area contributed by atoms with Crippen molar-refractivity contribution in [2.75, 3.05) is 12.6 Å². The Kier molecular flexibility index (Phi) is 2.79. The van der Waals surface area contributed by atoms with Crippen molar-refractivity contribution in [2.45, 2.75) is 0 Å². The molecule has 0 aliphatic carbocycles. The van der Waals surface area contributed by atoms with Gasteiger partial charge < -0.3 is 14.9 Å². The zero-order valence-electron chi connectivity index (χ0n) is 10.1. The van der Waals surface area contributed by atoms with Crippen LogP contribution in [0, 0.1) is 0 Å². The smallest absolute Gasteiger partial charge is 0.228 e. The first-order valence-electron chi connectivity index (χ1n) is 5.80. The normalized spacial score (nSPS) is 10.8. The first kappa shape index (κ1) is 11.5. The topological polar surface area (TPSA) is 52.5 Å². The molecule has 0 atom stereocenters. The van der Waals surface area contributed by atoms with Crippen molar-refractivity contribution >= 4 is 11.3 Å². The average Bonchev–Trinajstić information content (AvgIpc) is 2.83. The molecule has 3 rings (SSSR count). The highest BCUT2D eigenvalue weighted by molar-refractivity contribution is 5.65. The predicted molar refractivity (Wildman–Crippen MR) is 71.6 cm³/mol. The highest BCUT2D eigenvalue weighted by Gasteiger charge is 2.05. The maximum atomic E-state index is 12.0. The Bertz CT molecular complexity index is 706. The number of ether oxygens (including phenoxy) is 1. The summed E-state index contributed by atoms with van der Waals surface area (Å²) in [6.07, 6.45) is 3.78. The third-order valence-corrected chi connectivity index (χ3v) is 2.86. The fourth-order valence-corrected chi connectivity index (χ4v) is 1.92. The highest BCUT2D eigenvalue weighted by atomic mass is 19.1. The van der Waals surface area contributed by atoms with Crippen LogP contribution in [0.1, 0.15) is 0 Å². The van der Waals surface area contributed by atoms with Crippen molar-refractivity contribution in [3.63, 3.8) is 0 Å². The summed E-state index contributed by atoms with van der Waals surface area (Å²) in [6.45, 7) is -0.826. The van der Waals surface area contributed by atoms with E-state index in [-0.39, 0.29) is 0 Å². The van der Waals surface area contributed by atoms with E-state index >= 15 is 0 Å². The minimum atomic E-state index is -0.826. The molecule has 0 spiro atoms. The van der Waals surface area contributed by atoms with E-state index in [1.165, 1.54) is 0 Å². The number of nitrogens with two attached hydrogens (primary N) is 1. The number of aromatic nitrogens is 2. The predicted octanol–water partition coefficient (Wildman–Crippen LogP) is 2.89. The van der Waals surface area contributed by atoms with Crippen LogP contribution < -0.4 is 10.5 Å². The lowest BCUT2D eigenvalue weighted by Gasteiger charge is -2.01. The lowest BCUT2D eigenvalue weighted by Crippen LogP contribution is -1.89. The molecule has 19 heavy (non-hydrogen) atoms. The number of hydrogen-bond acceptors (Lipinski definition) is 3. The van der Waals surface area contributed by atoms with Crippen LogP contribution in [-0.2, 0) is 0 Å². The summed E-state index contributed by atoms with van der Waals surface area (Å²) < 4.78 is 18.7. The summed E-state index contributed by atoms with van der Waals surface area (Å²) in [5.74, 6) is 0.499. The number of anilines is 1. The van der Waals surface area contributed by atoms with Crippen molar-refractivity contribution in [2.24, 2.45) is 0 Å². The summed E-state index contributed by atoms with van der Waals surface area (Å²) >= 11 is 0. The van der Waals surface area contributed by atoms with Gasteiger partial charge >= 0.3 is 0 Å². The number of imidazole rings is 1. The van der Waals surface area contributed by atoms with E-state index in [1.807, 2.05) is 41.1 Å². The van der Waals surface area contributed by atoms with Crippen molar-refractivity contribution in [1.82, 2.24) is 9.38 Å². The van der Waals surface area contributed by atoms with Crippen molar-refractivity contribution in [1.29, 1.82) is 0 Å². The number of pyridine rings is 1. The van der Waals surface area contributed by atoms with Crippen LogP contribution in [0.3, 0.4) is 0 Å². The Hall–Kier alpha value is -2.56. The van der Waals surface area contributed by atoms with E-state index in [4.69, 9.17) is 10.5 Å². The monoisotopic (exact) mass is 257 g/mol. The molecular formula is C14H12FN3O. The molecule has 0 aliphatic heterocycles. The Morgan fingerprint density at radius 2 is 2.00 bits per heavy atom. The van der Waals surface area contributed by atoms with Gasteiger partial charge in [0.1, 0.15) is 11.4 Å². The molecule has 2 heterocycles. The zero-order valence-corrected chi connectivity index (χ0v) is 10.1. The zero-order chi connectivity index (χ0) is 13.2. The van der Waals surface area contributed by atoms with Crippen molar-refractivity contribution < 1.29 is 9.13 Å². The van der Waals surface area contributed by atoms with Crippen LogP contribution >= 0.6 is 0 Å². The van der Waals surface area contributed by atoms with Crippen LogP contribution in [0.5, 0.6) is 5.75 Å². The summed E-state index contributed by atoms with van der Waals surface area (Å²) in [4.78, 5) is 4.49. The molecule has 0 amide bonds. The Morgan fingerprint density at radius 1 is 1.21 bits per heavy atom. The fourth-order valence-electron chi connectivity index (χ4n) is 1.92. The quantitative estimate of drug-likeness (QED) is 0.785. The molecule has 2 aromatic heterocycles. The molecular weight excluding hydrogens is 245 g/mol. The largest absolute Gasteiger partial charge is 0.463 e. The molecule has 3 aromatic rings. The molecule has 0 radical (unpaired) electrons. The van der Waals surface area contributed by atoms with E-state index in [0.29, 0.717) is 11.4 Å². The van der Waals surface area contributed by atoms with Crippen LogP contribution in [0.15, 0.2) is 48.8 Å². The minimum absolute atomic E-state index is 0.499. The van der Waals surface area contributed by atoms with Crippen molar-refractivity contribution in [3.05, 3.63) is 48.8 Å². The van der Waals surface area contributed by atoms with Crippen LogP contribution in [0.2, 0.25) is 0 Å². The van der Waals surface area contributed by atoms with Crippen molar-refractivity contribution in [3.8, 4) is 17.0 Å². The summed E-state index contributed by atoms with van der Waals surface area (Å²) in [6, 6.07) is 10.7. The first-order valence-corrected chi connectivity index (χ1v) is 5.80. The average molecular weight is 257 g/mol. The molecule has 96 valence electrons. The molecule has 0 unspecified atom stereocenters. The van der Waals surface area contributed by atoms with Gasteiger partial charge in [-0.2, -0.15) is 0 Å². The number of halogens is 1. The number of nitrogens with zero attached hydrogens (tertiary/aromatic N) is 2. The number of nitrogen functional groups attached to an aromatic ring is 1. The number of hydrogen-bond donors (Lipinski definition) is 1. The highest BCUT2D eigenvalue weighted by Crippen LogP contribution is 2.22. The molecule has 0 aliphatic rings. The van der Waals surface area contributed by atoms with Gasteiger partial charge in [0, 0.05) is 29.7 Å². The molecule has 4 nitrogen and oxygen atoms in total. The molecule has 0 saturated carbocycles. The molecule has 1 aromatic carbocycles. The Labute approximate surface area is 109 Å². The second-order valence-corrected chi connectivity index (χ2v) is 4.13. The van der Waals surface area contributed by atoms with Gasteiger partial charge in [-0.3, -0.25) is 0 Å². The van der Waals surface area contributed by atoms with Gasteiger partial charge in [-0.25, -0.2) is 9.37 Å². The van der Waals surface area contributed by atoms with Gasteiger partial charge in [0.05, 0.1) is 5.69 Å². The molecule has 0 saturated heterocycles. The minimum Gasteiger partial charge on any atom is -0.463 e. The van der Waals surface area contributed by atoms with Gasteiger partial charge in [-0.05, 0) is 30.3 Å². The fraction of sp³-hybridized carbons (Fsp3) is 0.0714. The van der Waals surface area contributed by atoms with Crippen LogP contribution in [0.4, 0.5) is 10.1 Å². The lowest BCUT2D eigenvalue weighted by atomic mass is 10.2. The maximum absolute atomic E-state index is 12.0. The van der Waals surface area contributed by atoms with E-state index in [1.54, 1.807) is 12.1 Å². The first-order chi connectivity index (χ1) is 9.26. The van der Waals surface area contributed by atoms with Gasteiger partial charge in [-0.15, -0.1) is 0 Å². The second-order valence-electron chi connectivity index (χ2n) is 4.13. The number of rotatable bonds is 3. The van der Waals surface area contributed by atoms with Crippen LogP contribution in [0.25, 0.3) is 16.9 Å².